The lowest BCUT2D eigenvalue weighted by Gasteiger charge is -2.16. The van der Waals surface area contributed by atoms with Crippen molar-refractivity contribution in [2.45, 2.75) is 19.5 Å². The number of methoxy groups -OCH3 is 2. The number of rotatable bonds is 7. The molecule has 0 heterocycles. The third kappa shape index (κ3) is 6.57. The lowest BCUT2D eigenvalue weighted by molar-refractivity contribution is -0.274. The van der Waals surface area contributed by atoms with Gasteiger partial charge in [0.25, 0.3) is 0 Å². The number of ether oxygens (including phenoxy) is 3. The second-order valence-electron chi connectivity index (χ2n) is 5.96. The number of carbonyl (C=O) groups is 1. The summed E-state index contributed by atoms with van der Waals surface area (Å²) in [5, 5.41) is 5.96. The molecule has 0 radical (unpaired) electrons. The molecular weight excluding hydrogens is 403 g/mol. The number of nitrogens with zero attached hydrogens (tertiary/aromatic N) is 1. The summed E-state index contributed by atoms with van der Waals surface area (Å²) >= 11 is 0. The summed E-state index contributed by atoms with van der Waals surface area (Å²) in [6.45, 7) is 0.357. The largest absolute Gasteiger partial charge is 0.573 e. The quantitative estimate of drug-likeness (QED) is 0.403. The number of carbonyl (C=O) groups excluding carboxylic acids is 1. The molecule has 30 heavy (non-hydrogen) atoms. The summed E-state index contributed by atoms with van der Waals surface area (Å²) in [5.74, 6) is -0.0788. The maximum atomic E-state index is 12.5. The first kappa shape index (κ1) is 22.9. The van der Waals surface area contributed by atoms with Crippen LogP contribution in [0.4, 0.5) is 13.2 Å². The highest BCUT2D eigenvalue weighted by Gasteiger charge is 2.31. The van der Waals surface area contributed by atoms with Crippen molar-refractivity contribution in [2.24, 2.45) is 4.99 Å². The van der Waals surface area contributed by atoms with Crippen LogP contribution in [0.25, 0.3) is 0 Å². The Kier molecular flexibility index (Phi) is 7.90. The minimum Gasteiger partial charge on any atom is -0.496 e. The lowest BCUT2D eigenvalue weighted by Crippen LogP contribution is -2.36. The number of halogens is 3. The second kappa shape index (κ2) is 10.4. The van der Waals surface area contributed by atoms with Crippen molar-refractivity contribution in [3.8, 4) is 11.5 Å². The van der Waals surface area contributed by atoms with E-state index in [1.807, 2.05) is 0 Å². The molecule has 2 aromatic rings. The monoisotopic (exact) mass is 425 g/mol. The predicted octanol–water partition coefficient (Wildman–Crippen LogP) is 3.25. The van der Waals surface area contributed by atoms with Crippen molar-refractivity contribution in [3.63, 3.8) is 0 Å². The van der Waals surface area contributed by atoms with E-state index in [0.717, 1.165) is 5.56 Å². The van der Waals surface area contributed by atoms with Gasteiger partial charge in [0.1, 0.15) is 17.1 Å². The summed E-state index contributed by atoms with van der Waals surface area (Å²) < 4.78 is 51.6. The summed E-state index contributed by atoms with van der Waals surface area (Å²) in [6.07, 6.45) is -4.78. The molecule has 0 fully saturated rings. The standard InChI is InChI=1S/C20H22F3N3O4/c1-24-19(26-12-14-6-4-5-7-16(14)30-20(21,22)23)25-11-13-8-9-17(28-2)15(10-13)18(27)29-3/h4-10H,11-12H2,1-3H3,(H2,24,25,26). The van der Waals surface area contributed by atoms with Crippen LogP contribution < -0.4 is 20.1 Å². The molecule has 7 nitrogen and oxygen atoms in total. The zero-order valence-corrected chi connectivity index (χ0v) is 16.7. The van der Waals surface area contributed by atoms with Crippen LogP contribution in [-0.4, -0.2) is 39.6 Å². The molecule has 0 spiro atoms. The Morgan fingerprint density at radius 1 is 1.03 bits per heavy atom. The highest BCUT2D eigenvalue weighted by molar-refractivity contribution is 5.92. The first-order chi connectivity index (χ1) is 14.3. The Morgan fingerprint density at radius 2 is 1.73 bits per heavy atom. The molecule has 0 aliphatic heterocycles. The van der Waals surface area contributed by atoms with Crippen LogP contribution in [0.15, 0.2) is 47.5 Å². The summed E-state index contributed by atoms with van der Waals surface area (Å²) in [6, 6.07) is 10.9. The second-order valence-corrected chi connectivity index (χ2v) is 5.96. The van der Waals surface area contributed by atoms with E-state index >= 15 is 0 Å². The van der Waals surface area contributed by atoms with Crippen molar-refractivity contribution in [3.05, 3.63) is 59.2 Å². The van der Waals surface area contributed by atoms with Crippen LogP contribution in [-0.2, 0) is 17.8 Å². The molecule has 0 unspecified atom stereocenters. The van der Waals surface area contributed by atoms with E-state index in [9.17, 15) is 18.0 Å². The number of aliphatic imine (C=N–C) groups is 1. The number of guanidine groups is 1. The number of hydrogen-bond acceptors (Lipinski definition) is 5. The number of benzene rings is 2. The Bertz CT molecular complexity index is 901. The Labute approximate surface area is 171 Å². The van der Waals surface area contributed by atoms with Gasteiger partial charge in [-0.15, -0.1) is 13.2 Å². The molecule has 0 aliphatic rings. The zero-order valence-electron chi connectivity index (χ0n) is 16.7. The SMILES string of the molecule is CN=C(NCc1ccc(OC)c(C(=O)OC)c1)NCc1ccccc1OC(F)(F)F. The Morgan fingerprint density at radius 3 is 2.37 bits per heavy atom. The van der Waals surface area contributed by atoms with Gasteiger partial charge in [-0.25, -0.2) is 4.79 Å². The van der Waals surface area contributed by atoms with Gasteiger partial charge in [-0.2, -0.15) is 0 Å². The number of nitrogens with one attached hydrogen (secondary N) is 2. The first-order valence-electron chi connectivity index (χ1n) is 8.80. The topological polar surface area (TPSA) is 81.2 Å². The number of alkyl halides is 3. The maximum Gasteiger partial charge on any atom is 0.573 e. The van der Waals surface area contributed by atoms with Crippen LogP contribution in [0.2, 0.25) is 0 Å². The van der Waals surface area contributed by atoms with Gasteiger partial charge in [0, 0.05) is 25.7 Å². The smallest absolute Gasteiger partial charge is 0.496 e. The van der Waals surface area contributed by atoms with Crippen LogP contribution in [0, 0.1) is 0 Å². The van der Waals surface area contributed by atoms with Crippen molar-refractivity contribution < 1.29 is 32.2 Å². The number of para-hydroxylation sites is 1. The predicted molar refractivity (Wildman–Crippen MR) is 104 cm³/mol. The molecule has 162 valence electrons. The van der Waals surface area contributed by atoms with E-state index in [0.29, 0.717) is 23.8 Å². The minimum atomic E-state index is -4.78. The molecule has 2 aromatic carbocycles. The van der Waals surface area contributed by atoms with Gasteiger partial charge in [0.15, 0.2) is 5.96 Å². The van der Waals surface area contributed by atoms with Crippen molar-refractivity contribution in [1.29, 1.82) is 0 Å². The fourth-order valence-electron chi connectivity index (χ4n) is 2.59. The lowest BCUT2D eigenvalue weighted by atomic mass is 10.1. The maximum absolute atomic E-state index is 12.5. The van der Waals surface area contributed by atoms with Crippen LogP contribution in [0.5, 0.6) is 11.5 Å². The van der Waals surface area contributed by atoms with Gasteiger partial charge >= 0.3 is 12.3 Å². The molecule has 0 atom stereocenters. The molecule has 2 rings (SSSR count). The fraction of sp³-hybridized carbons (Fsp3) is 0.300. The zero-order chi connectivity index (χ0) is 22.1. The van der Waals surface area contributed by atoms with Crippen molar-refractivity contribution >= 4 is 11.9 Å². The number of hydrogen-bond donors (Lipinski definition) is 2. The van der Waals surface area contributed by atoms with E-state index < -0.39 is 12.3 Å². The molecule has 0 bridgehead atoms. The average molecular weight is 425 g/mol. The third-order valence-electron chi connectivity index (χ3n) is 4.00. The van der Waals surface area contributed by atoms with Crippen molar-refractivity contribution in [2.75, 3.05) is 21.3 Å². The van der Waals surface area contributed by atoms with Crippen molar-refractivity contribution in [1.82, 2.24) is 10.6 Å². The molecule has 2 N–H and O–H groups in total. The van der Waals surface area contributed by atoms with E-state index in [2.05, 4.69) is 20.4 Å². The highest BCUT2D eigenvalue weighted by Crippen LogP contribution is 2.26. The molecule has 0 saturated carbocycles. The van der Waals surface area contributed by atoms with E-state index in [1.54, 1.807) is 24.3 Å². The van der Waals surface area contributed by atoms with Gasteiger partial charge in [-0.3, -0.25) is 4.99 Å². The highest BCUT2D eigenvalue weighted by atomic mass is 19.4. The Hall–Kier alpha value is -3.43. The van der Waals surface area contributed by atoms with Gasteiger partial charge in [-0.05, 0) is 23.8 Å². The molecule has 0 aromatic heterocycles. The minimum absolute atomic E-state index is 0.0575. The summed E-state index contributed by atoms with van der Waals surface area (Å²) in [5.41, 5.74) is 1.34. The molecule has 0 aliphatic carbocycles. The van der Waals surface area contributed by atoms with E-state index in [1.165, 1.54) is 39.5 Å². The van der Waals surface area contributed by atoms with E-state index in [4.69, 9.17) is 9.47 Å². The first-order valence-corrected chi connectivity index (χ1v) is 8.80. The summed E-state index contributed by atoms with van der Waals surface area (Å²) in [7, 11) is 4.26. The number of esters is 1. The van der Waals surface area contributed by atoms with E-state index in [-0.39, 0.29) is 17.9 Å². The van der Waals surface area contributed by atoms with Gasteiger partial charge < -0.3 is 24.8 Å². The van der Waals surface area contributed by atoms with Gasteiger partial charge in [-0.1, -0.05) is 24.3 Å². The van der Waals surface area contributed by atoms with Crippen LogP contribution in [0.3, 0.4) is 0 Å². The van der Waals surface area contributed by atoms with Gasteiger partial charge in [0.05, 0.1) is 14.2 Å². The molecular formula is C20H22F3N3O4. The Balaban J connectivity index is 2.02. The fourth-order valence-corrected chi connectivity index (χ4v) is 2.59. The van der Waals surface area contributed by atoms with Gasteiger partial charge in [0.2, 0.25) is 0 Å². The average Bonchev–Trinajstić information content (AvgIpc) is 2.73. The summed E-state index contributed by atoms with van der Waals surface area (Å²) in [4.78, 5) is 15.9. The molecule has 0 amide bonds. The van der Waals surface area contributed by atoms with Crippen LogP contribution >= 0.6 is 0 Å². The normalized spacial score (nSPS) is 11.6. The molecule has 0 saturated heterocycles. The third-order valence-corrected chi connectivity index (χ3v) is 4.00. The van der Waals surface area contributed by atoms with Crippen LogP contribution in [0.1, 0.15) is 21.5 Å². The molecule has 10 heteroatoms.